The molecule has 2 heterocycles. The Kier molecular flexibility index (Phi) is 4.41. The molecule has 4 aromatic rings. The molecule has 0 aliphatic carbocycles. The molecule has 8 heteroatoms. The predicted molar refractivity (Wildman–Crippen MR) is 104 cm³/mol. The molecule has 2 aromatic heterocycles. The maximum absolute atomic E-state index is 13.1. The van der Waals surface area contributed by atoms with Gasteiger partial charge in [-0.25, -0.2) is 0 Å². The van der Waals surface area contributed by atoms with Crippen molar-refractivity contribution in [3.63, 3.8) is 0 Å². The van der Waals surface area contributed by atoms with E-state index in [9.17, 15) is 9.90 Å². The molecular formula is C19H17N5O2S. The molecular weight excluding hydrogens is 362 g/mol. The zero-order valence-corrected chi connectivity index (χ0v) is 15.6. The van der Waals surface area contributed by atoms with Gasteiger partial charge < -0.3 is 10.1 Å². The van der Waals surface area contributed by atoms with Crippen LogP contribution in [0.25, 0.3) is 16.6 Å². The van der Waals surface area contributed by atoms with Gasteiger partial charge in [0.15, 0.2) is 5.78 Å². The van der Waals surface area contributed by atoms with E-state index >= 15 is 0 Å². The second-order valence-corrected chi connectivity index (χ2v) is 7.49. The first-order chi connectivity index (χ1) is 13.0. The number of Topliss-reactive ketones (excluding diaryl/α,β-unsaturated/α-hetero) is 1. The molecule has 0 saturated heterocycles. The lowest BCUT2D eigenvalue weighted by Crippen LogP contribution is -2.15. The third kappa shape index (κ3) is 3.19. The van der Waals surface area contributed by atoms with Crippen molar-refractivity contribution < 1.29 is 9.90 Å². The number of H-pyrrole nitrogens is 1. The summed E-state index contributed by atoms with van der Waals surface area (Å²) in [5.74, 6) is 0.189. The molecule has 0 radical (unpaired) electrons. The van der Waals surface area contributed by atoms with Gasteiger partial charge in [-0.3, -0.25) is 4.79 Å². The fourth-order valence-corrected chi connectivity index (χ4v) is 3.88. The van der Waals surface area contributed by atoms with Crippen LogP contribution in [0.3, 0.4) is 0 Å². The predicted octanol–water partition coefficient (Wildman–Crippen LogP) is 3.52. The Morgan fingerprint density at radius 3 is 2.70 bits per heavy atom. The first kappa shape index (κ1) is 17.3. The normalized spacial score (nSPS) is 12.4. The fraction of sp³-hybridized carbons (Fsp3) is 0.158. The number of hydrogen-bond acceptors (Lipinski definition) is 6. The molecule has 136 valence electrons. The van der Waals surface area contributed by atoms with Gasteiger partial charge in [0.1, 0.15) is 5.75 Å². The Labute approximate surface area is 159 Å². The monoisotopic (exact) mass is 379 g/mol. The second kappa shape index (κ2) is 6.88. The number of phenolic OH excluding ortho intramolecular Hbond substituents is 1. The van der Waals surface area contributed by atoms with Crippen LogP contribution in [0.5, 0.6) is 5.75 Å². The number of nitrogens with one attached hydrogen (secondary N) is 1. The third-order valence-electron chi connectivity index (χ3n) is 4.33. The number of nitrogens with zero attached hydrogens (tertiary/aromatic N) is 4. The molecule has 0 amide bonds. The largest absolute Gasteiger partial charge is 0.508 e. The van der Waals surface area contributed by atoms with Gasteiger partial charge >= 0.3 is 0 Å². The summed E-state index contributed by atoms with van der Waals surface area (Å²) < 4.78 is 1.55. The van der Waals surface area contributed by atoms with E-state index in [4.69, 9.17) is 0 Å². The van der Waals surface area contributed by atoms with Gasteiger partial charge in [0.05, 0.1) is 10.9 Å². The van der Waals surface area contributed by atoms with Crippen LogP contribution in [0, 0.1) is 6.92 Å². The van der Waals surface area contributed by atoms with Crippen LogP contribution in [0.4, 0.5) is 0 Å². The zero-order chi connectivity index (χ0) is 19.0. The highest BCUT2D eigenvalue weighted by Gasteiger charge is 2.24. The lowest BCUT2D eigenvalue weighted by atomic mass is 10.1. The van der Waals surface area contributed by atoms with Crippen molar-refractivity contribution in [1.82, 2.24) is 25.2 Å². The highest BCUT2D eigenvalue weighted by molar-refractivity contribution is 8.00. The highest BCUT2D eigenvalue weighted by Crippen LogP contribution is 2.29. The molecule has 0 bridgehead atoms. The molecule has 2 aromatic carbocycles. The van der Waals surface area contributed by atoms with Crippen LogP contribution in [-0.2, 0) is 0 Å². The number of carbonyl (C=O) groups is 1. The number of benzene rings is 2. The summed E-state index contributed by atoms with van der Waals surface area (Å²) in [6.07, 6.45) is 0. The first-order valence-electron chi connectivity index (χ1n) is 8.40. The highest BCUT2D eigenvalue weighted by atomic mass is 32.2. The number of aryl methyl sites for hydroxylation is 1. The van der Waals surface area contributed by atoms with Crippen LogP contribution in [-0.4, -0.2) is 41.3 Å². The van der Waals surface area contributed by atoms with E-state index in [1.54, 1.807) is 28.9 Å². The van der Waals surface area contributed by atoms with Crippen LogP contribution in [0.15, 0.2) is 53.7 Å². The van der Waals surface area contributed by atoms with Crippen molar-refractivity contribution in [2.75, 3.05) is 0 Å². The topological polar surface area (TPSA) is 96.7 Å². The minimum absolute atomic E-state index is 0.0233. The Morgan fingerprint density at radius 2 is 1.93 bits per heavy atom. The van der Waals surface area contributed by atoms with E-state index in [0.717, 1.165) is 16.6 Å². The number of aromatic hydroxyl groups is 1. The Balaban J connectivity index is 1.62. The summed E-state index contributed by atoms with van der Waals surface area (Å²) in [6, 6.07) is 14.3. The first-order valence-corrected chi connectivity index (χ1v) is 9.28. The number of tetrazole rings is 1. The van der Waals surface area contributed by atoms with Gasteiger partial charge in [-0.2, -0.15) is 4.68 Å². The van der Waals surface area contributed by atoms with E-state index in [2.05, 4.69) is 20.5 Å². The van der Waals surface area contributed by atoms with Gasteiger partial charge in [-0.15, -0.1) is 5.10 Å². The van der Waals surface area contributed by atoms with E-state index in [1.807, 2.05) is 38.1 Å². The number of aromatic amines is 1. The smallest absolute Gasteiger partial charge is 0.214 e. The van der Waals surface area contributed by atoms with Gasteiger partial charge in [-0.1, -0.05) is 30.0 Å². The SMILES string of the molecule is Cc1[nH]c2ccccc2c1C(=O)[C@@H](C)Sc1nnnn1-c1ccc(O)cc1. The van der Waals surface area contributed by atoms with Crippen molar-refractivity contribution >= 4 is 28.4 Å². The van der Waals surface area contributed by atoms with Crippen molar-refractivity contribution in [1.29, 1.82) is 0 Å². The molecule has 0 aliphatic heterocycles. The lowest BCUT2D eigenvalue weighted by molar-refractivity contribution is 0.0995. The fourth-order valence-electron chi connectivity index (χ4n) is 3.02. The Hall–Kier alpha value is -3.13. The Bertz CT molecular complexity index is 1120. The minimum Gasteiger partial charge on any atom is -0.508 e. The molecule has 7 nitrogen and oxygen atoms in total. The standard InChI is InChI=1S/C19H17N5O2S/c1-11-17(15-5-3-4-6-16(15)20-11)18(26)12(2)27-19-21-22-23-24(19)13-7-9-14(25)10-8-13/h3-10,12,20,25H,1-2H3/t12-/m1/s1. The number of para-hydroxylation sites is 1. The maximum Gasteiger partial charge on any atom is 0.214 e. The lowest BCUT2D eigenvalue weighted by Gasteiger charge is -2.10. The third-order valence-corrected chi connectivity index (χ3v) is 5.36. The summed E-state index contributed by atoms with van der Waals surface area (Å²) in [5, 5.41) is 22.3. The number of carbonyl (C=O) groups excluding carboxylic acids is 1. The summed E-state index contributed by atoms with van der Waals surface area (Å²) in [6.45, 7) is 3.76. The summed E-state index contributed by atoms with van der Waals surface area (Å²) in [5.41, 5.74) is 3.22. The molecule has 0 aliphatic rings. The average Bonchev–Trinajstić information content (AvgIpc) is 3.25. The van der Waals surface area contributed by atoms with Crippen LogP contribution < -0.4 is 0 Å². The molecule has 0 saturated carbocycles. The number of thioether (sulfide) groups is 1. The van der Waals surface area contributed by atoms with Crippen molar-refractivity contribution in [3.05, 3.63) is 59.8 Å². The summed E-state index contributed by atoms with van der Waals surface area (Å²) in [7, 11) is 0. The molecule has 0 fully saturated rings. The number of hydrogen-bond donors (Lipinski definition) is 2. The van der Waals surface area contributed by atoms with Crippen LogP contribution >= 0.6 is 11.8 Å². The maximum atomic E-state index is 13.1. The Morgan fingerprint density at radius 1 is 1.19 bits per heavy atom. The van der Waals surface area contributed by atoms with Crippen molar-refractivity contribution in [3.8, 4) is 11.4 Å². The number of rotatable bonds is 5. The number of fused-ring (bicyclic) bond motifs is 1. The minimum atomic E-state index is -0.371. The molecule has 0 unspecified atom stereocenters. The van der Waals surface area contributed by atoms with Gasteiger partial charge in [0.25, 0.3) is 0 Å². The number of ketones is 1. The number of phenols is 1. The van der Waals surface area contributed by atoms with Crippen LogP contribution in [0.2, 0.25) is 0 Å². The van der Waals surface area contributed by atoms with E-state index in [0.29, 0.717) is 16.4 Å². The quantitative estimate of drug-likeness (QED) is 0.407. The van der Waals surface area contributed by atoms with Gasteiger partial charge in [0, 0.05) is 22.2 Å². The molecule has 1 atom stereocenters. The average molecular weight is 379 g/mol. The van der Waals surface area contributed by atoms with Crippen molar-refractivity contribution in [2.45, 2.75) is 24.3 Å². The van der Waals surface area contributed by atoms with E-state index < -0.39 is 0 Å². The van der Waals surface area contributed by atoms with Gasteiger partial charge in [-0.05, 0) is 54.6 Å². The molecule has 2 N–H and O–H groups in total. The van der Waals surface area contributed by atoms with E-state index in [-0.39, 0.29) is 16.8 Å². The molecule has 0 spiro atoms. The van der Waals surface area contributed by atoms with Crippen molar-refractivity contribution in [2.24, 2.45) is 0 Å². The van der Waals surface area contributed by atoms with Gasteiger partial charge in [0.2, 0.25) is 5.16 Å². The number of aromatic nitrogens is 5. The zero-order valence-electron chi connectivity index (χ0n) is 14.7. The van der Waals surface area contributed by atoms with E-state index in [1.165, 1.54) is 11.8 Å². The summed E-state index contributed by atoms with van der Waals surface area (Å²) in [4.78, 5) is 16.4. The molecule has 4 rings (SSSR count). The molecule has 27 heavy (non-hydrogen) atoms. The van der Waals surface area contributed by atoms with Crippen LogP contribution in [0.1, 0.15) is 23.0 Å². The second-order valence-electron chi connectivity index (χ2n) is 6.18. The summed E-state index contributed by atoms with van der Waals surface area (Å²) >= 11 is 1.30.